The Kier molecular flexibility index (Phi) is 5.77. The van der Waals surface area contributed by atoms with Crippen molar-refractivity contribution in [3.05, 3.63) is 18.3 Å². The standard InChI is InChI=1S/C13H22N2O2/c1-4-8-17-12-6-5-7-14-13(12)15-11(9-16)10(2)3/h5-7,10-11,16H,4,8-9H2,1-3H3,(H,14,15). The number of hydrogen-bond acceptors (Lipinski definition) is 4. The first-order chi connectivity index (χ1) is 8.19. The Bertz CT molecular complexity index is 329. The summed E-state index contributed by atoms with van der Waals surface area (Å²) in [4.78, 5) is 4.25. The van der Waals surface area contributed by atoms with Crippen molar-refractivity contribution in [3.8, 4) is 5.75 Å². The monoisotopic (exact) mass is 238 g/mol. The summed E-state index contributed by atoms with van der Waals surface area (Å²) in [5.41, 5.74) is 0. The average molecular weight is 238 g/mol. The molecule has 4 heteroatoms. The quantitative estimate of drug-likeness (QED) is 0.765. The number of aliphatic hydroxyl groups excluding tert-OH is 1. The lowest BCUT2D eigenvalue weighted by atomic mass is 10.1. The van der Waals surface area contributed by atoms with E-state index >= 15 is 0 Å². The van der Waals surface area contributed by atoms with Crippen LogP contribution < -0.4 is 10.1 Å². The fourth-order valence-electron chi connectivity index (χ4n) is 1.43. The number of anilines is 1. The van der Waals surface area contributed by atoms with E-state index in [1.807, 2.05) is 12.1 Å². The van der Waals surface area contributed by atoms with Gasteiger partial charge < -0.3 is 15.2 Å². The van der Waals surface area contributed by atoms with Gasteiger partial charge in [-0.1, -0.05) is 20.8 Å². The molecule has 2 N–H and O–H groups in total. The number of aromatic nitrogens is 1. The molecule has 0 bridgehead atoms. The van der Waals surface area contributed by atoms with Crippen LogP contribution in [-0.2, 0) is 0 Å². The molecule has 0 aliphatic rings. The summed E-state index contributed by atoms with van der Waals surface area (Å²) in [6.45, 7) is 6.94. The maximum atomic E-state index is 9.29. The van der Waals surface area contributed by atoms with Crippen LogP contribution in [0.3, 0.4) is 0 Å². The molecular weight excluding hydrogens is 216 g/mol. The Morgan fingerprint density at radius 1 is 1.47 bits per heavy atom. The van der Waals surface area contributed by atoms with Crippen molar-refractivity contribution in [2.75, 3.05) is 18.5 Å². The second-order valence-corrected chi connectivity index (χ2v) is 4.38. The van der Waals surface area contributed by atoms with E-state index < -0.39 is 0 Å². The average Bonchev–Trinajstić information content (AvgIpc) is 2.34. The van der Waals surface area contributed by atoms with Gasteiger partial charge in [0.25, 0.3) is 0 Å². The molecule has 1 aromatic heterocycles. The number of nitrogens with one attached hydrogen (secondary N) is 1. The van der Waals surface area contributed by atoms with E-state index in [0.717, 1.165) is 12.2 Å². The minimum atomic E-state index is -0.00567. The summed E-state index contributed by atoms with van der Waals surface area (Å²) >= 11 is 0. The smallest absolute Gasteiger partial charge is 0.169 e. The number of nitrogens with zero attached hydrogens (tertiary/aromatic N) is 1. The molecule has 0 saturated heterocycles. The van der Waals surface area contributed by atoms with Crippen LogP contribution in [0.5, 0.6) is 5.75 Å². The predicted octanol–water partition coefficient (Wildman–Crippen LogP) is 2.30. The van der Waals surface area contributed by atoms with Crippen LogP contribution in [0, 0.1) is 5.92 Å². The third kappa shape index (κ3) is 4.23. The van der Waals surface area contributed by atoms with Crippen molar-refractivity contribution >= 4 is 5.82 Å². The number of rotatable bonds is 7. The van der Waals surface area contributed by atoms with E-state index in [1.54, 1.807) is 6.20 Å². The molecule has 1 rings (SSSR count). The number of pyridine rings is 1. The van der Waals surface area contributed by atoms with Gasteiger partial charge in [-0.3, -0.25) is 0 Å². The molecule has 4 nitrogen and oxygen atoms in total. The molecule has 0 saturated carbocycles. The summed E-state index contributed by atoms with van der Waals surface area (Å²) in [5, 5.41) is 12.5. The highest BCUT2D eigenvalue weighted by Crippen LogP contribution is 2.23. The van der Waals surface area contributed by atoms with Crippen LogP contribution in [0.4, 0.5) is 5.82 Å². The molecule has 1 aromatic rings. The predicted molar refractivity (Wildman–Crippen MR) is 69.4 cm³/mol. The molecule has 0 amide bonds. The Hall–Kier alpha value is -1.29. The third-order valence-electron chi connectivity index (χ3n) is 2.56. The second-order valence-electron chi connectivity index (χ2n) is 4.38. The summed E-state index contributed by atoms with van der Waals surface area (Å²) in [5.74, 6) is 1.78. The molecule has 0 aromatic carbocycles. The van der Waals surface area contributed by atoms with Crippen LogP contribution in [0.2, 0.25) is 0 Å². The summed E-state index contributed by atoms with van der Waals surface area (Å²) in [6, 6.07) is 3.73. The molecule has 0 aliphatic heterocycles. The molecule has 1 atom stereocenters. The molecule has 0 fully saturated rings. The van der Waals surface area contributed by atoms with Gasteiger partial charge >= 0.3 is 0 Å². The highest BCUT2D eigenvalue weighted by atomic mass is 16.5. The lowest BCUT2D eigenvalue weighted by molar-refractivity contribution is 0.248. The van der Waals surface area contributed by atoms with Gasteiger partial charge in [0.15, 0.2) is 11.6 Å². The molecule has 0 aliphatic carbocycles. The van der Waals surface area contributed by atoms with Gasteiger partial charge in [0.1, 0.15) is 0 Å². The second kappa shape index (κ2) is 7.12. The third-order valence-corrected chi connectivity index (χ3v) is 2.56. The van der Waals surface area contributed by atoms with Crippen LogP contribution >= 0.6 is 0 Å². The largest absolute Gasteiger partial charge is 0.490 e. The first kappa shape index (κ1) is 13.8. The first-order valence-corrected chi connectivity index (χ1v) is 6.14. The van der Waals surface area contributed by atoms with Crippen LogP contribution in [0.15, 0.2) is 18.3 Å². The van der Waals surface area contributed by atoms with Gasteiger partial charge in [0.05, 0.1) is 19.3 Å². The molecule has 1 unspecified atom stereocenters. The Balaban J connectivity index is 2.74. The summed E-state index contributed by atoms with van der Waals surface area (Å²) in [6.07, 6.45) is 2.68. The lowest BCUT2D eigenvalue weighted by Gasteiger charge is -2.21. The SMILES string of the molecule is CCCOc1cccnc1NC(CO)C(C)C. The lowest BCUT2D eigenvalue weighted by Crippen LogP contribution is -2.30. The topological polar surface area (TPSA) is 54.4 Å². The zero-order chi connectivity index (χ0) is 12.7. The Morgan fingerprint density at radius 2 is 2.24 bits per heavy atom. The maximum Gasteiger partial charge on any atom is 0.169 e. The Labute approximate surface area is 103 Å². The van der Waals surface area contributed by atoms with Gasteiger partial charge in [-0.25, -0.2) is 4.98 Å². The Morgan fingerprint density at radius 3 is 2.82 bits per heavy atom. The minimum absolute atomic E-state index is 0.00567. The van der Waals surface area contributed by atoms with Gasteiger partial charge in [0.2, 0.25) is 0 Å². The van der Waals surface area contributed by atoms with E-state index in [0.29, 0.717) is 18.3 Å². The van der Waals surface area contributed by atoms with Gasteiger partial charge in [-0.2, -0.15) is 0 Å². The van der Waals surface area contributed by atoms with E-state index in [-0.39, 0.29) is 12.6 Å². The van der Waals surface area contributed by atoms with E-state index in [4.69, 9.17) is 4.74 Å². The molecule has 96 valence electrons. The minimum Gasteiger partial charge on any atom is -0.490 e. The highest BCUT2D eigenvalue weighted by Gasteiger charge is 2.14. The fraction of sp³-hybridized carbons (Fsp3) is 0.615. The van der Waals surface area contributed by atoms with Crippen LogP contribution in [0.25, 0.3) is 0 Å². The van der Waals surface area contributed by atoms with Crippen molar-refractivity contribution in [2.24, 2.45) is 5.92 Å². The zero-order valence-corrected chi connectivity index (χ0v) is 10.8. The van der Waals surface area contributed by atoms with E-state index in [1.165, 1.54) is 0 Å². The molecular formula is C13H22N2O2. The fourth-order valence-corrected chi connectivity index (χ4v) is 1.43. The van der Waals surface area contributed by atoms with Crippen LogP contribution in [-0.4, -0.2) is 29.3 Å². The molecule has 0 radical (unpaired) electrons. The number of aliphatic hydroxyl groups is 1. The van der Waals surface area contributed by atoms with Crippen molar-refractivity contribution in [3.63, 3.8) is 0 Å². The van der Waals surface area contributed by atoms with Crippen LogP contribution in [0.1, 0.15) is 27.2 Å². The normalized spacial score (nSPS) is 12.5. The van der Waals surface area contributed by atoms with Gasteiger partial charge in [0, 0.05) is 6.20 Å². The number of hydrogen-bond donors (Lipinski definition) is 2. The summed E-state index contributed by atoms with van der Waals surface area (Å²) in [7, 11) is 0. The summed E-state index contributed by atoms with van der Waals surface area (Å²) < 4.78 is 5.60. The first-order valence-electron chi connectivity index (χ1n) is 6.14. The van der Waals surface area contributed by atoms with Crippen molar-refractivity contribution in [1.29, 1.82) is 0 Å². The molecule has 0 spiro atoms. The number of ether oxygens (including phenoxy) is 1. The van der Waals surface area contributed by atoms with Gasteiger partial charge in [-0.05, 0) is 24.5 Å². The van der Waals surface area contributed by atoms with E-state index in [2.05, 4.69) is 31.1 Å². The molecule has 1 heterocycles. The zero-order valence-electron chi connectivity index (χ0n) is 10.8. The van der Waals surface area contributed by atoms with Crippen molar-refractivity contribution in [1.82, 2.24) is 4.98 Å². The highest BCUT2D eigenvalue weighted by molar-refractivity contribution is 5.50. The van der Waals surface area contributed by atoms with Crippen molar-refractivity contribution in [2.45, 2.75) is 33.2 Å². The van der Waals surface area contributed by atoms with Gasteiger partial charge in [-0.15, -0.1) is 0 Å². The van der Waals surface area contributed by atoms with Crippen molar-refractivity contribution < 1.29 is 9.84 Å². The maximum absolute atomic E-state index is 9.29. The van der Waals surface area contributed by atoms with E-state index in [9.17, 15) is 5.11 Å². The molecule has 17 heavy (non-hydrogen) atoms.